The second kappa shape index (κ2) is 9.18. The van der Waals surface area contributed by atoms with E-state index in [1.807, 2.05) is 6.92 Å². The number of morpholine rings is 1. The SMILES string of the molecule is COC(=O)c1cc(C)sc1NC(=S)Nc1ccc(S(=O)(=O)N2CCOCC2)cc1. The van der Waals surface area contributed by atoms with Gasteiger partial charge in [-0.15, -0.1) is 11.3 Å². The van der Waals surface area contributed by atoms with E-state index < -0.39 is 16.0 Å². The summed E-state index contributed by atoms with van der Waals surface area (Å²) in [5.74, 6) is -0.447. The van der Waals surface area contributed by atoms with Crippen molar-refractivity contribution in [3.8, 4) is 0 Å². The van der Waals surface area contributed by atoms with Gasteiger partial charge in [-0.25, -0.2) is 13.2 Å². The number of esters is 1. The number of thiophene rings is 1. The minimum absolute atomic E-state index is 0.214. The van der Waals surface area contributed by atoms with Gasteiger partial charge in [-0.05, 0) is 49.5 Å². The monoisotopic (exact) mass is 455 g/mol. The maximum Gasteiger partial charge on any atom is 0.340 e. The van der Waals surface area contributed by atoms with Gasteiger partial charge >= 0.3 is 5.97 Å². The third kappa shape index (κ3) is 5.11. The highest BCUT2D eigenvalue weighted by Crippen LogP contribution is 2.28. The molecular weight excluding hydrogens is 434 g/mol. The van der Waals surface area contributed by atoms with E-state index in [0.29, 0.717) is 42.6 Å². The van der Waals surface area contributed by atoms with Crippen molar-refractivity contribution in [3.63, 3.8) is 0 Å². The van der Waals surface area contributed by atoms with Gasteiger partial charge in [0, 0.05) is 23.7 Å². The number of rotatable bonds is 5. The van der Waals surface area contributed by atoms with Crippen molar-refractivity contribution in [2.24, 2.45) is 0 Å². The number of benzene rings is 1. The Bertz CT molecular complexity index is 996. The molecule has 0 amide bonds. The highest BCUT2D eigenvalue weighted by Gasteiger charge is 2.26. The minimum atomic E-state index is -3.54. The lowest BCUT2D eigenvalue weighted by molar-refractivity contribution is 0.0602. The summed E-state index contributed by atoms with van der Waals surface area (Å²) < 4.78 is 36.7. The molecule has 1 aliphatic rings. The van der Waals surface area contributed by atoms with Crippen molar-refractivity contribution in [3.05, 3.63) is 40.8 Å². The highest BCUT2D eigenvalue weighted by atomic mass is 32.2. The molecule has 0 atom stereocenters. The molecule has 1 aliphatic heterocycles. The number of sulfonamides is 1. The third-order valence-corrected chi connectivity index (χ3v) is 7.29. The Balaban J connectivity index is 1.67. The number of carbonyl (C=O) groups is 1. The van der Waals surface area contributed by atoms with Gasteiger partial charge in [0.15, 0.2) is 5.11 Å². The van der Waals surface area contributed by atoms with E-state index >= 15 is 0 Å². The molecular formula is C18H21N3O5S3. The van der Waals surface area contributed by atoms with Crippen LogP contribution in [0, 0.1) is 6.92 Å². The fraction of sp³-hybridized carbons (Fsp3) is 0.333. The summed E-state index contributed by atoms with van der Waals surface area (Å²) in [4.78, 5) is 13.0. The Morgan fingerprint density at radius 2 is 1.86 bits per heavy atom. The molecule has 0 spiro atoms. The standard InChI is InChI=1S/C18H21N3O5S3/c1-12-11-15(17(22)25-2)16(28-12)20-18(27)19-13-3-5-14(6-4-13)29(23,24)21-7-9-26-10-8-21/h3-6,11H,7-10H2,1-2H3,(H2,19,20,27). The second-order valence-electron chi connectivity index (χ2n) is 6.21. The molecule has 3 rings (SSSR count). The summed E-state index contributed by atoms with van der Waals surface area (Å²) in [7, 11) is -2.22. The highest BCUT2D eigenvalue weighted by molar-refractivity contribution is 7.89. The van der Waals surface area contributed by atoms with Crippen LogP contribution >= 0.6 is 23.6 Å². The summed E-state index contributed by atoms with van der Waals surface area (Å²) in [5, 5.41) is 6.84. The molecule has 2 N–H and O–H groups in total. The normalized spacial score (nSPS) is 15.0. The smallest absolute Gasteiger partial charge is 0.340 e. The Morgan fingerprint density at radius 3 is 2.48 bits per heavy atom. The molecule has 1 fully saturated rings. The van der Waals surface area contributed by atoms with Crippen molar-refractivity contribution in [1.82, 2.24) is 4.31 Å². The molecule has 0 bridgehead atoms. The predicted octanol–water partition coefficient (Wildman–Crippen LogP) is 2.67. The number of thiocarbonyl (C=S) groups is 1. The van der Waals surface area contributed by atoms with Gasteiger partial charge in [0.2, 0.25) is 10.0 Å². The van der Waals surface area contributed by atoms with Crippen LogP contribution in [0.3, 0.4) is 0 Å². The minimum Gasteiger partial charge on any atom is -0.465 e. The van der Waals surface area contributed by atoms with E-state index in [-0.39, 0.29) is 10.0 Å². The van der Waals surface area contributed by atoms with Gasteiger partial charge < -0.3 is 20.1 Å². The molecule has 29 heavy (non-hydrogen) atoms. The summed E-state index contributed by atoms with van der Waals surface area (Å²) in [6.45, 7) is 3.37. The largest absolute Gasteiger partial charge is 0.465 e. The summed E-state index contributed by atoms with van der Waals surface area (Å²) in [6, 6.07) is 8.08. The van der Waals surface area contributed by atoms with E-state index in [0.717, 1.165) is 4.88 Å². The van der Waals surface area contributed by atoms with Gasteiger partial charge in [-0.3, -0.25) is 0 Å². The van der Waals surface area contributed by atoms with Crippen LogP contribution in [-0.2, 0) is 19.5 Å². The van der Waals surface area contributed by atoms with Gasteiger partial charge in [0.25, 0.3) is 0 Å². The molecule has 2 aromatic rings. The number of nitrogens with one attached hydrogen (secondary N) is 2. The molecule has 11 heteroatoms. The molecule has 8 nitrogen and oxygen atoms in total. The molecule has 0 unspecified atom stereocenters. The first-order valence-electron chi connectivity index (χ1n) is 8.76. The quantitative estimate of drug-likeness (QED) is 0.525. The maximum atomic E-state index is 12.7. The zero-order valence-corrected chi connectivity index (χ0v) is 18.4. The lowest BCUT2D eigenvalue weighted by Gasteiger charge is -2.26. The zero-order valence-electron chi connectivity index (χ0n) is 15.9. The number of hydrogen-bond acceptors (Lipinski definition) is 7. The van der Waals surface area contributed by atoms with Gasteiger partial charge in [-0.2, -0.15) is 4.31 Å². The van der Waals surface area contributed by atoms with Crippen LogP contribution in [0.15, 0.2) is 35.2 Å². The Kier molecular flexibility index (Phi) is 6.85. The van der Waals surface area contributed by atoms with Crippen molar-refractivity contribution in [2.45, 2.75) is 11.8 Å². The lowest BCUT2D eigenvalue weighted by Crippen LogP contribution is -2.40. The van der Waals surface area contributed by atoms with Gasteiger partial charge in [0.05, 0.1) is 30.8 Å². The Morgan fingerprint density at radius 1 is 1.21 bits per heavy atom. The Hall–Kier alpha value is -2.05. The summed E-state index contributed by atoms with van der Waals surface area (Å²) >= 11 is 6.69. The maximum absolute atomic E-state index is 12.7. The number of hydrogen-bond donors (Lipinski definition) is 2. The second-order valence-corrected chi connectivity index (χ2v) is 9.81. The first-order chi connectivity index (χ1) is 13.8. The van der Waals surface area contributed by atoms with E-state index in [2.05, 4.69) is 10.6 Å². The molecule has 0 saturated carbocycles. The van der Waals surface area contributed by atoms with Crippen molar-refractivity contribution in [2.75, 3.05) is 44.0 Å². The predicted molar refractivity (Wildman–Crippen MR) is 116 cm³/mol. The van der Waals surface area contributed by atoms with Crippen LogP contribution in [0.5, 0.6) is 0 Å². The molecule has 1 aromatic carbocycles. The first kappa shape index (κ1) is 21.7. The van der Waals surface area contributed by atoms with Gasteiger partial charge in [0.1, 0.15) is 5.00 Å². The number of aryl methyl sites for hydroxylation is 1. The number of nitrogens with zero attached hydrogens (tertiary/aromatic N) is 1. The van der Waals surface area contributed by atoms with E-state index in [1.165, 1.54) is 34.9 Å². The molecule has 2 heterocycles. The topological polar surface area (TPSA) is 97.0 Å². The van der Waals surface area contributed by atoms with Crippen molar-refractivity contribution >= 4 is 55.3 Å². The van der Waals surface area contributed by atoms with E-state index in [1.54, 1.807) is 18.2 Å². The van der Waals surface area contributed by atoms with Crippen LogP contribution < -0.4 is 10.6 Å². The average Bonchev–Trinajstić information content (AvgIpc) is 3.08. The first-order valence-corrected chi connectivity index (χ1v) is 11.4. The van der Waals surface area contributed by atoms with E-state index in [9.17, 15) is 13.2 Å². The van der Waals surface area contributed by atoms with Crippen LogP contribution in [0.2, 0.25) is 0 Å². The third-order valence-electron chi connectivity index (χ3n) is 4.21. The number of methoxy groups -OCH3 is 1. The summed E-state index contributed by atoms with van der Waals surface area (Å²) in [5.41, 5.74) is 1.03. The number of anilines is 2. The molecule has 1 saturated heterocycles. The van der Waals surface area contributed by atoms with Crippen LogP contribution in [0.1, 0.15) is 15.2 Å². The van der Waals surface area contributed by atoms with Crippen LogP contribution in [0.25, 0.3) is 0 Å². The number of carbonyl (C=O) groups excluding carboxylic acids is 1. The molecule has 156 valence electrons. The van der Waals surface area contributed by atoms with Crippen LogP contribution in [-0.4, -0.2) is 57.2 Å². The molecule has 1 aromatic heterocycles. The van der Waals surface area contributed by atoms with Crippen molar-refractivity contribution < 1.29 is 22.7 Å². The van der Waals surface area contributed by atoms with E-state index in [4.69, 9.17) is 21.7 Å². The summed E-state index contributed by atoms with van der Waals surface area (Å²) in [6.07, 6.45) is 0. The number of ether oxygens (including phenoxy) is 2. The fourth-order valence-electron chi connectivity index (χ4n) is 2.78. The lowest BCUT2D eigenvalue weighted by atomic mass is 10.3. The Labute approximate surface area is 178 Å². The fourth-order valence-corrected chi connectivity index (χ4v) is 5.38. The van der Waals surface area contributed by atoms with Crippen LogP contribution in [0.4, 0.5) is 10.7 Å². The zero-order chi connectivity index (χ0) is 21.0. The molecule has 0 aliphatic carbocycles. The van der Waals surface area contributed by atoms with Gasteiger partial charge in [-0.1, -0.05) is 0 Å². The average molecular weight is 456 g/mol. The van der Waals surface area contributed by atoms with Crippen molar-refractivity contribution in [1.29, 1.82) is 0 Å². The molecule has 0 radical (unpaired) electrons.